The van der Waals surface area contributed by atoms with Gasteiger partial charge in [-0.25, -0.2) is 9.97 Å². The zero-order valence-electron chi connectivity index (χ0n) is 38.2. The molecule has 0 amide bonds. The van der Waals surface area contributed by atoms with Gasteiger partial charge >= 0.3 is 0 Å². The van der Waals surface area contributed by atoms with Crippen LogP contribution in [0, 0.1) is 0 Å². The van der Waals surface area contributed by atoms with Crippen LogP contribution < -0.4 is 41.5 Å². The molecule has 0 atom stereocenters. The van der Waals surface area contributed by atoms with E-state index < -0.39 is 16.1 Å². The fourth-order valence-corrected chi connectivity index (χ4v) is 22.1. The standard InChI is InChI=1S/C64H45N3SSi2/c1-5-23-48(24-6-1)69(49-25-7-2-8-26-49,54-31-19-21-46(43-54)62-64-63(66-45-65-62)58-35-15-18-38-61(58)68-64)52-39-41-53(42-40-52)70(50-27-9-3-10-28-50,51-29-11-4-12-30-51)55-32-20-22-47(44-55)67-59-36-16-13-33-56(59)57-34-14-17-37-60(57)67/h1-45H. The third kappa shape index (κ3) is 6.60. The molecule has 0 N–H and O–H groups in total. The molecule has 70 heavy (non-hydrogen) atoms. The van der Waals surface area contributed by atoms with E-state index in [1.807, 2.05) is 0 Å². The molecule has 10 aromatic carbocycles. The van der Waals surface area contributed by atoms with E-state index in [1.165, 1.54) is 73.4 Å². The van der Waals surface area contributed by atoms with Gasteiger partial charge in [0.1, 0.15) is 6.33 Å². The van der Waals surface area contributed by atoms with Gasteiger partial charge in [-0.3, -0.25) is 0 Å². The largest absolute Gasteiger partial charge is 0.309 e. The van der Waals surface area contributed by atoms with Crippen molar-refractivity contribution >= 4 is 111 Å². The Labute approximate surface area is 413 Å². The van der Waals surface area contributed by atoms with Crippen molar-refractivity contribution < 1.29 is 0 Å². The molecule has 13 aromatic rings. The molecule has 0 bridgehead atoms. The zero-order valence-corrected chi connectivity index (χ0v) is 41.0. The molecule has 13 rings (SSSR count). The van der Waals surface area contributed by atoms with Crippen molar-refractivity contribution in [1.29, 1.82) is 0 Å². The molecule has 0 unspecified atom stereocenters. The molecular weight excluding hydrogens is 899 g/mol. The Bertz CT molecular complexity index is 3870. The second kappa shape index (κ2) is 17.4. The van der Waals surface area contributed by atoms with Crippen molar-refractivity contribution in [2.75, 3.05) is 0 Å². The first kappa shape index (κ1) is 41.9. The molecule has 330 valence electrons. The van der Waals surface area contributed by atoms with Gasteiger partial charge in [0.05, 0.1) is 26.9 Å². The number of benzene rings is 10. The van der Waals surface area contributed by atoms with Crippen molar-refractivity contribution in [1.82, 2.24) is 14.5 Å². The van der Waals surface area contributed by atoms with Crippen LogP contribution in [0.3, 0.4) is 0 Å². The minimum Gasteiger partial charge on any atom is -0.309 e. The highest BCUT2D eigenvalue weighted by Gasteiger charge is 2.45. The van der Waals surface area contributed by atoms with Crippen molar-refractivity contribution in [2.24, 2.45) is 0 Å². The van der Waals surface area contributed by atoms with E-state index >= 15 is 0 Å². The van der Waals surface area contributed by atoms with E-state index in [0.717, 1.165) is 27.2 Å². The molecule has 6 heteroatoms. The predicted octanol–water partition coefficient (Wildman–Crippen LogP) is 10.4. The van der Waals surface area contributed by atoms with Crippen LogP contribution in [0.5, 0.6) is 0 Å². The summed E-state index contributed by atoms with van der Waals surface area (Å²) in [6, 6.07) is 99.8. The molecule has 0 aliphatic carbocycles. The summed E-state index contributed by atoms with van der Waals surface area (Å²) in [4.78, 5) is 9.82. The molecule has 3 aromatic heterocycles. The Morgan fingerprint density at radius 2 is 0.743 bits per heavy atom. The number of hydrogen-bond acceptors (Lipinski definition) is 3. The third-order valence-electron chi connectivity index (χ3n) is 14.4. The van der Waals surface area contributed by atoms with Gasteiger partial charge in [-0.05, 0) is 71.8 Å². The monoisotopic (exact) mass is 943 g/mol. The highest BCUT2D eigenvalue weighted by atomic mass is 32.1. The average molecular weight is 944 g/mol. The Balaban J connectivity index is 1.05. The summed E-state index contributed by atoms with van der Waals surface area (Å²) in [5.74, 6) is 0. The summed E-state index contributed by atoms with van der Waals surface area (Å²) in [6.07, 6.45) is 1.73. The van der Waals surface area contributed by atoms with Crippen LogP contribution in [0.25, 0.3) is 59.1 Å². The summed E-state index contributed by atoms with van der Waals surface area (Å²) in [5.41, 5.74) is 6.64. The molecule has 0 saturated heterocycles. The lowest BCUT2D eigenvalue weighted by atomic mass is 10.1. The fourth-order valence-electron chi connectivity index (χ4n) is 11.4. The second-order valence-electron chi connectivity index (χ2n) is 18.0. The number of rotatable bonds is 10. The smallest absolute Gasteiger partial charge is 0.179 e. The van der Waals surface area contributed by atoms with Crippen molar-refractivity contribution in [3.05, 3.63) is 273 Å². The van der Waals surface area contributed by atoms with Crippen LogP contribution in [0.2, 0.25) is 0 Å². The quantitative estimate of drug-likeness (QED) is 0.101. The van der Waals surface area contributed by atoms with Crippen LogP contribution in [0.15, 0.2) is 273 Å². The lowest BCUT2D eigenvalue weighted by Crippen LogP contribution is -2.76. The van der Waals surface area contributed by atoms with Gasteiger partial charge in [0, 0.05) is 32.1 Å². The summed E-state index contributed by atoms with van der Waals surface area (Å²) >= 11 is 1.77. The number of fused-ring (bicyclic) bond motifs is 6. The first-order chi connectivity index (χ1) is 34.7. The van der Waals surface area contributed by atoms with Crippen LogP contribution in [0.4, 0.5) is 0 Å². The third-order valence-corrected chi connectivity index (χ3v) is 25.1. The molecule has 0 radical (unpaired) electrons. The number of hydrogen-bond donors (Lipinski definition) is 0. The van der Waals surface area contributed by atoms with E-state index in [9.17, 15) is 0 Å². The van der Waals surface area contributed by atoms with Crippen molar-refractivity contribution in [3.8, 4) is 16.9 Å². The molecule has 0 aliphatic rings. The average Bonchev–Trinajstić information content (AvgIpc) is 3.99. The van der Waals surface area contributed by atoms with Gasteiger partial charge in [-0.1, -0.05) is 237 Å². The van der Waals surface area contributed by atoms with Gasteiger partial charge in [0.25, 0.3) is 0 Å². The highest BCUT2D eigenvalue weighted by Crippen LogP contribution is 2.37. The first-order valence-corrected chi connectivity index (χ1v) is 28.7. The van der Waals surface area contributed by atoms with Gasteiger partial charge in [-0.2, -0.15) is 0 Å². The Morgan fingerprint density at radius 3 is 1.27 bits per heavy atom. The lowest BCUT2D eigenvalue weighted by Gasteiger charge is -2.37. The maximum absolute atomic E-state index is 5.01. The van der Waals surface area contributed by atoms with Crippen LogP contribution in [-0.2, 0) is 0 Å². The van der Waals surface area contributed by atoms with Gasteiger partial charge in [0.2, 0.25) is 0 Å². The number of thiophene rings is 1. The van der Waals surface area contributed by atoms with Crippen molar-refractivity contribution in [3.63, 3.8) is 0 Å². The van der Waals surface area contributed by atoms with Crippen molar-refractivity contribution in [2.45, 2.75) is 0 Å². The minimum absolute atomic E-state index is 0.970. The predicted molar refractivity (Wildman–Crippen MR) is 302 cm³/mol. The van der Waals surface area contributed by atoms with Crippen LogP contribution in [-0.4, -0.2) is 30.7 Å². The van der Waals surface area contributed by atoms with Gasteiger partial charge in [-0.15, -0.1) is 11.3 Å². The summed E-state index contributed by atoms with van der Waals surface area (Å²) in [6.45, 7) is 0. The molecular formula is C64H45N3SSi2. The maximum Gasteiger partial charge on any atom is 0.179 e. The molecule has 0 saturated carbocycles. The van der Waals surface area contributed by atoms with Crippen LogP contribution in [0.1, 0.15) is 0 Å². The summed E-state index contributed by atoms with van der Waals surface area (Å²) in [5, 5.41) is 14.3. The van der Waals surface area contributed by atoms with Crippen LogP contribution >= 0.6 is 11.3 Å². The molecule has 0 spiro atoms. The lowest BCUT2D eigenvalue weighted by molar-refractivity contribution is 1.18. The van der Waals surface area contributed by atoms with Gasteiger partial charge in [0.15, 0.2) is 16.1 Å². The number of para-hydroxylation sites is 2. The topological polar surface area (TPSA) is 30.7 Å². The Hall–Kier alpha value is -8.27. The molecule has 3 heterocycles. The number of aromatic nitrogens is 3. The van der Waals surface area contributed by atoms with E-state index in [2.05, 4.69) is 271 Å². The van der Waals surface area contributed by atoms with E-state index in [-0.39, 0.29) is 0 Å². The number of nitrogens with zero attached hydrogens (tertiary/aromatic N) is 3. The summed E-state index contributed by atoms with van der Waals surface area (Å²) in [7, 11) is -6.01. The van der Waals surface area contributed by atoms with E-state index in [1.54, 1.807) is 17.7 Å². The first-order valence-electron chi connectivity index (χ1n) is 23.9. The molecule has 3 nitrogen and oxygen atoms in total. The van der Waals surface area contributed by atoms with Gasteiger partial charge < -0.3 is 4.57 Å². The highest BCUT2D eigenvalue weighted by molar-refractivity contribution is 7.26. The molecule has 0 aliphatic heterocycles. The summed E-state index contributed by atoms with van der Waals surface area (Å²) < 4.78 is 4.78. The Kier molecular flexibility index (Phi) is 10.4. The van der Waals surface area contributed by atoms with E-state index in [4.69, 9.17) is 9.97 Å². The normalized spacial score (nSPS) is 12.0. The Morgan fingerprint density at radius 1 is 0.329 bits per heavy atom. The SMILES string of the molecule is c1ccc([Si](c2ccccc2)(c2ccc([Si](c3ccccc3)(c3ccccc3)c3cccc(-n4c5ccccc5c5ccccc54)c3)cc2)c2cccc(-c3ncnc4c3sc3ccccc34)c2)cc1. The maximum atomic E-state index is 5.01. The fraction of sp³-hybridized carbons (Fsp3) is 0. The molecule has 0 fully saturated rings. The minimum atomic E-state index is -3.01. The van der Waals surface area contributed by atoms with E-state index in [0.29, 0.717) is 0 Å². The zero-order chi connectivity index (χ0) is 46.5. The second-order valence-corrected chi connectivity index (χ2v) is 26.7.